The third-order valence-electron chi connectivity index (χ3n) is 7.99. The lowest BCUT2D eigenvalue weighted by atomic mass is 9.95. The zero-order valence-corrected chi connectivity index (χ0v) is 27.4. The van der Waals surface area contributed by atoms with Crippen LogP contribution < -0.4 is 9.47 Å². The molecule has 16 heteroatoms. The maximum atomic E-state index is 15.7. The van der Waals surface area contributed by atoms with Crippen LogP contribution in [-0.4, -0.2) is 52.4 Å². The van der Waals surface area contributed by atoms with Crippen LogP contribution >= 0.6 is 22.7 Å². The summed E-state index contributed by atoms with van der Waals surface area (Å²) in [6.07, 6.45) is 0. The standard InChI is InChI=1S/C33H22F6N4O4S2/c1-15-21(13-23(48-15)29-42-40-27(46-29)17-5-9-19(44-3)10-6-17)25-26(32(36,37)33(38,39)31(25,34)35)22-14-24(49-16(22)2)30-43-41-28(47-30)18-7-11-20(45-4)12-8-18/h5-14H,1-4H3. The van der Waals surface area contributed by atoms with Crippen LogP contribution in [0.4, 0.5) is 26.3 Å². The van der Waals surface area contributed by atoms with Crippen molar-refractivity contribution < 1.29 is 44.7 Å². The van der Waals surface area contributed by atoms with Gasteiger partial charge in [0.25, 0.3) is 11.8 Å². The van der Waals surface area contributed by atoms with Crippen molar-refractivity contribution in [3.63, 3.8) is 0 Å². The van der Waals surface area contributed by atoms with Crippen molar-refractivity contribution in [2.45, 2.75) is 31.6 Å². The predicted molar refractivity (Wildman–Crippen MR) is 170 cm³/mol. The second-order valence-electron chi connectivity index (χ2n) is 10.9. The molecular formula is C33H22F6N4O4S2. The molecule has 0 saturated heterocycles. The van der Waals surface area contributed by atoms with Crippen LogP contribution in [0.5, 0.6) is 11.5 Å². The summed E-state index contributed by atoms with van der Waals surface area (Å²) < 4.78 is 115. The molecule has 0 atom stereocenters. The van der Waals surface area contributed by atoms with Crippen molar-refractivity contribution >= 4 is 33.8 Å². The van der Waals surface area contributed by atoms with Crippen molar-refractivity contribution in [1.82, 2.24) is 20.4 Å². The summed E-state index contributed by atoms with van der Waals surface area (Å²) in [5.74, 6) is -15.1. The topological polar surface area (TPSA) is 96.3 Å². The SMILES string of the molecule is COc1ccc(-c2nnc(-c3cc(C4=C(c5cc(-c6nnc(-c7ccc(OC)cc7)o6)sc5C)C(F)(F)C(F)(F)C4(F)F)c(C)s3)o2)cc1. The number of ether oxygens (including phenoxy) is 2. The van der Waals surface area contributed by atoms with Gasteiger partial charge < -0.3 is 18.3 Å². The van der Waals surface area contributed by atoms with E-state index in [4.69, 9.17) is 18.3 Å². The molecule has 0 radical (unpaired) electrons. The van der Waals surface area contributed by atoms with Crippen molar-refractivity contribution in [2.75, 3.05) is 14.2 Å². The number of methoxy groups -OCH3 is 2. The number of thiophene rings is 2. The van der Waals surface area contributed by atoms with Gasteiger partial charge in [-0.1, -0.05) is 0 Å². The van der Waals surface area contributed by atoms with Gasteiger partial charge in [0.05, 0.1) is 24.0 Å². The maximum Gasteiger partial charge on any atom is 0.380 e. The zero-order chi connectivity index (χ0) is 34.9. The van der Waals surface area contributed by atoms with E-state index < -0.39 is 40.0 Å². The van der Waals surface area contributed by atoms with Gasteiger partial charge in [0.1, 0.15) is 11.5 Å². The summed E-state index contributed by atoms with van der Waals surface area (Å²) >= 11 is 1.73. The number of allylic oxidation sites excluding steroid dienone is 2. The molecule has 4 aromatic heterocycles. The molecule has 252 valence electrons. The molecule has 0 bridgehead atoms. The van der Waals surface area contributed by atoms with Crippen LogP contribution in [0.15, 0.2) is 69.5 Å². The van der Waals surface area contributed by atoms with Crippen LogP contribution in [0.3, 0.4) is 0 Å². The summed E-state index contributed by atoms with van der Waals surface area (Å²) in [7, 11) is 3.01. The minimum atomic E-state index is -5.74. The Labute approximate surface area is 281 Å². The van der Waals surface area contributed by atoms with E-state index in [1.54, 1.807) is 48.5 Å². The molecular weight excluding hydrogens is 695 g/mol. The third kappa shape index (κ3) is 5.12. The van der Waals surface area contributed by atoms with Gasteiger partial charge in [0.15, 0.2) is 0 Å². The molecule has 0 fully saturated rings. The van der Waals surface area contributed by atoms with Crippen LogP contribution in [0, 0.1) is 13.8 Å². The first-order chi connectivity index (χ1) is 23.3. The minimum Gasteiger partial charge on any atom is -0.497 e. The average Bonchev–Trinajstić information content (AvgIpc) is 3.91. The molecule has 49 heavy (non-hydrogen) atoms. The van der Waals surface area contributed by atoms with Crippen LogP contribution in [-0.2, 0) is 0 Å². The molecule has 0 N–H and O–H groups in total. The first kappa shape index (κ1) is 32.6. The highest BCUT2D eigenvalue weighted by atomic mass is 32.1. The van der Waals surface area contributed by atoms with Gasteiger partial charge in [-0.15, -0.1) is 43.1 Å². The Morgan fingerprint density at radius 2 is 0.898 bits per heavy atom. The first-order valence-electron chi connectivity index (χ1n) is 14.3. The summed E-state index contributed by atoms with van der Waals surface area (Å²) in [5, 5.41) is 15.9. The van der Waals surface area contributed by atoms with Crippen molar-refractivity contribution in [2.24, 2.45) is 0 Å². The summed E-state index contributed by atoms with van der Waals surface area (Å²) in [4.78, 5) is 0.379. The minimum absolute atomic E-state index is 0.0639. The molecule has 1 aliphatic rings. The molecule has 0 saturated carbocycles. The number of hydrogen-bond donors (Lipinski definition) is 0. The van der Waals surface area contributed by atoms with E-state index in [2.05, 4.69) is 20.4 Å². The number of nitrogens with zero attached hydrogens (tertiary/aromatic N) is 4. The van der Waals surface area contributed by atoms with E-state index in [9.17, 15) is 0 Å². The van der Waals surface area contributed by atoms with Gasteiger partial charge in [0.2, 0.25) is 11.8 Å². The predicted octanol–water partition coefficient (Wildman–Crippen LogP) is 9.71. The molecule has 0 spiro atoms. The van der Waals surface area contributed by atoms with E-state index >= 15 is 26.3 Å². The Balaban J connectivity index is 1.31. The second-order valence-corrected chi connectivity index (χ2v) is 13.4. The Kier molecular flexibility index (Phi) is 7.70. The fourth-order valence-electron chi connectivity index (χ4n) is 5.45. The summed E-state index contributed by atoms with van der Waals surface area (Å²) in [6, 6.07) is 15.5. The fourth-order valence-corrected chi connectivity index (χ4v) is 7.35. The van der Waals surface area contributed by atoms with E-state index in [1.807, 2.05) is 0 Å². The van der Waals surface area contributed by atoms with Gasteiger partial charge in [-0.3, -0.25) is 0 Å². The second kappa shape index (κ2) is 11.6. The molecule has 0 amide bonds. The lowest BCUT2D eigenvalue weighted by molar-refractivity contribution is -0.254. The Morgan fingerprint density at radius 1 is 0.551 bits per heavy atom. The lowest BCUT2D eigenvalue weighted by Crippen LogP contribution is -2.48. The Morgan fingerprint density at radius 3 is 1.24 bits per heavy atom. The maximum absolute atomic E-state index is 15.7. The highest BCUT2D eigenvalue weighted by Gasteiger charge is 2.80. The molecule has 0 aliphatic heterocycles. The molecule has 2 aromatic carbocycles. The summed E-state index contributed by atoms with van der Waals surface area (Å²) in [5.41, 5.74) is -2.91. The quantitative estimate of drug-likeness (QED) is 0.144. The van der Waals surface area contributed by atoms with Crippen molar-refractivity contribution in [3.05, 3.63) is 81.5 Å². The number of rotatable bonds is 8. The van der Waals surface area contributed by atoms with Gasteiger partial charge in [-0.25, -0.2) is 0 Å². The molecule has 4 heterocycles. The number of aromatic nitrogens is 4. The molecule has 8 nitrogen and oxygen atoms in total. The summed E-state index contributed by atoms with van der Waals surface area (Å²) in [6.45, 7) is 2.73. The van der Waals surface area contributed by atoms with Crippen LogP contribution in [0.2, 0.25) is 0 Å². The zero-order valence-electron chi connectivity index (χ0n) is 25.8. The van der Waals surface area contributed by atoms with Gasteiger partial charge in [0, 0.05) is 32.0 Å². The van der Waals surface area contributed by atoms with Crippen molar-refractivity contribution in [1.29, 1.82) is 0 Å². The van der Waals surface area contributed by atoms with Crippen LogP contribution in [0.25, 0.3) is 55.6 Å². The molecule has 0 unspecified atom stereocenters. The number of halogens is 6. The third-order valence-corrected chi connectivity index (χ3v) is 10.1. The Hall–Kier alpha value is -4.96. The van der Waals surface area contributed by atoms with Gasteiger partial charge in [-0.05, 0) is 85.6 Å². The first-order valence-corrected chi connectivity index (χ1v) is 16.0. The molecule has 6 aromatic rings. The van der Waals surface area contributed by atoms with Crippen LogP contribution in [0.1, 0.15) is 20.9 Å². The number of alkyl halides is 6. The molecule has 7 rings (SSSR count). The average molecular weight is 717 g/mol. The van der Waals surface area contributed by atoms with E-state index in [-0.39, 0.29) is 43.1 Å². The monoisotopic (exact) mass is 716 g/mol. The number of aryl methyl sites for hydroxylation is 2. The fraction of sp³-hybridized carbons (Fsp3) is 0.212. The van der Waals surface area contributed by atoms with E-state index in [0.717, 1.165) is 34.8 Å². The van der Waals surface area contributed by atoms with E-state index in [0.29, 0.717) is 22.6 Å². The highest BCUT2D eigenvalue weighted by Crippen LogP contribution is 2.66. The largest absolute Gasteiger partial charge is 0.497 e. The van der Waals surface area contributed by atoms with Crippen molar-refractivity contribution in [3.8, 4) is 55.9 Å². The smallest absolute Gasteiger partial charge is 0.380 e. The van der Waals surface area contributed by atoms with Gasteiger partial charge >= 0.3 is 17.8 Å². The molecule has 1 aliphatic carbocycles. The number of benzene rings is 2. The normalized spacial score (nSPS) is 16.4. The lowest BCUT2D eigenvalue weighted by Gasteiger charge is -2.25. The number of hydrogen-bond acceptors (Lipinski definition) is 10. The van der Waals surface area contributed by atoms with Gasteiger partial charge in [-0.2, -0.15) is 26.3 Å². The highest BCUT2D eigenvalue weighted by molar-refractivity contribution is 7.16. The Bertz CT molecular complexity index is 2070. The van der Waals surface area contributed by atoms with E-state index in [1.165, 1.54) is 28.1 Å².